The molecule has 0 aromatic heterocycles. The monoisotopic (exact) mass is 708 g/mol. The summed E-state index contributed by atoms with van der Waals surface area (Å²) in [5.74, 6) is -0.605. The van der Waals surface area contributed by atoms with Crippen LogP contribution in [0.5, 0.6) is 17.2 Å². The van der Waals surface area contributed by atoms with Crippen LogP contribution in [0.15, 0.2) is 60.7 Å². The van der Waals surface area contributed by atoms with Crippen molar-refractivity contribution in [1.29, 1.82) is 0 Å². The van der Waals surface area contributed by atoms with E-state index < -0.39 is 29.7 Å². The molecule has 3 aromatic carbocycles. The highest BCUT2D eigenvalue weighted by molar-refractivity contribution is 6.30. The number of carbonyl (C=O) groups excluding carboxylic acids is 2. The zero-order chi connectivity index (χ0) is 36.9. The maximum Gasteiger partial charge on any atom is 0.573 e. The van der Waals surface area contributed by atoms with E-state index in [1.54, 1.807) is 49.4 Å². The number of halogens is 4. The zero-order valence-corrected chi connectivity index (χ0v) is 30.4. The summed E-state index contributed by atoms with van der Waals surface area (Å²) in [6, 6.07) is 14.8. The van der Waals surface area contributed by atoms with Crippen LogP contribution in [0.3, 0.4) is 0 Å². The number of carbonyl (C=O) groups is 2. The number of amides is 1. The Labute approximate surface area is 292 Å². The zero-order valence-electron chi connectivity index (χ0n) is 29.7. The lowest BCUT2D eigenvalue weighted by Crippen LogP contribution is -2.37. The molecule has 8 nitrogen and oxygen atoms in total. The lowest BCUT2D eigenvalue weighted by Gasteiger charge is -2.27. The number of rotatable bonds is 11. The van der Waals surface area contributed by atoms with Gasteiger partial charge in [0.05, 0.1) is 25.3 Å². The predicted octanol–water partition coefficient (Wildman–Crippen LogP) is 9.79. The summed E-state index contributed by atoms with van der Waals surface area (Å²) >= 11 is 6.12. The van der Waals surface area contributed by atoms with Gasteiger partial charge in [0.1, 0.15) is 28.9 Å². The largest absolute Gasteiger partial charge is 0.573 e. The molecule has 49 heavy (non-hydrogen) atoms. The minimum absolute atomic E-state index is 0.222. The summed E-state index contributed by atoms with van der Waals surface area (Å²) in [6.07, 6.45) is -3.98. The van der Waals surface area contributed by atoms with Crippen LogP contribution in [-0.4, -0.2) is 44.1 Å². The van der Waals surface area contributed by atoms with Crippen molar-refractivity contribution in [3.63, 3.8) is 0 Å². The number of hydrogen-bond donors (Lipinski definition) is 1. The molecule has 2 unspecified atom stereocenters. The van der Waals surface area contributed by atoms with Crippen LogP contribution in [0.25, 0.3) is 0 Å². The minimum Gasteiger partial charge on any atom is -0.497 e. The highest BCUT2D eigenvalue weighted by atomic mass is 35.5. The predicted molar refractivity (Wildman–Crippen MR) is 188 cm³/mol. The number of benzene rings is 3. The number of esters is 1. The van der Waals surface area contributed by atoms with Gasteiger partial charge in [-0.2, -0.15) is 0 Å². The standard InChI is InChI=1S/C33H36ClF3N2O6.2C2H6/c1-20(31(41)45-32(2,3)4)13-15-43-27-17-24(16-26(18-27)42-5)38-29(22-6-9-23(34)10-7-22)30(40)39-14-12-21-8-11-25(19-28(21)39)44-33(35,36)37;2*1-2/h6-11,16-20,29,38H,12-15H2,1-5H3;2*1-2H3. The normalized spacial score (nSPS) is 13.4. The van der Waals surface area contributed by atoms with Crippen molar-refractivity contribution in [2.75, 3.05) is 30.5 Å². The summed E-state index contributed by atoms with van der Waals surface area (Å²) in [6.45, 7) is 15.7. The van der Waals surface area contributed by atoms with E-state index in [9.17, 15) is 22.8 Å². The van der Waals surface area contributed by atoms with Crippen molar-refractivity contribution in [3.05, 3.63) is 76.8 Å². The molecule has 1 heterocycles. The van der Waals surface area contributed by atoms with Crippen molar-refractivity contribution in [3.8, 4) is 17.2 Å². The second-order valence-electron chi connectivity index (χ2n) is 11.7. The fourth-order valence-electron chi connectivity index (χ4n) is 4.78. The van der Waals surface area contributed by atoms with Crippen LogP contribution in [0.1, 0.15) is 79.0 Å². The number of alkyl halides is 3. The number of nitrogens with one attached hydrogen (secondary N) is 1. The number of methoxy groups -OCH3 is 1. The Hall–Kier alpha value is -4.12. The minimum atomic E-state index is -4.87. The lowest BCUT2D eigenvalue weighted by atomic mass is 10.0. The van der Waals surface area contributed by atoms with Crippen LogP contribution in [0, 0.1) is 5.92 Å². The first-order valence-electron chi connectivity index (χ1n) is 16.4. The van der Waals surface area contributed by atoms with Crippen molar-refractivity contribution in [2.45, 2.75) is 86.2 Å². The van der Waals surface area contributed by atoms with E-state index in [2.05, 4.69) is 10.1 Å². The third kappa shape index (κ3) is 12.7. The fraction of sp³-hybridized carbons (Fsp3) is 0.459. The van der Waals surface area contributed by atoms with Gasteiger partial charge in [0.2, 0.25) is 0 Å². The summed E-state index contributed by atoms with van der Waals surface area (Å²) in [5, 5.41) is 3.73. The van der Waals surface area contributed by atoms with Crippen LogP contribution in [0.2, 0.25) is 5.02 Å². The molecule has 1 amide bonds. The van der Waals surface area contributed by atoms with E-state index in [1.165, 1.54) is 30.2 Å². The average molecular weight is 709 g/mol. The van der Waals surface area contributed by atoms with Gasteiger partial charge in [0, 0.05) is 41.5 Å². The van der Waals surface area contributed by atoms with Gasteiger partial charge in [-0.3, -0.25) is 9.59 Å². The summed E-state index contributed by atoms with van der Waals surface area (Å²) in [4.78, 5) is 27.9. The SMILES string of the molecule is CC.CC.COc1cc(NC(C(=O)N2CCc3ccc(OC(F)(F)F)cc32)c2ccc(Cl)cc2)cc(OCCC(C)C(=O)OC(C)(C)C)c1. The van der Waals surface area contributed by atoms with Gasteiger partial charge < -0.3 is 29.2 Å². The Morgan fingerprint density at radius 3 is 2.14 bits per heavy atom. The Bertz CT molecular complexity index is 1510. The molecule has 1 aliphatic heterocycles. The molecule has 0 saturated heterocycles. The number of ether oxygens (including phenoxy) is 4. The Kier molecular flexibility index (Phi) is 15.6. The quantitative estimate of drug-likeness (QED) is 0.199. The van der Waals surface area contributed by atoms with E-state index in [-0.39, 0.29) is 25.0 Å². The first-order valence-corrected chi connectivity index (χ1v) is 16.8. The van der Waals surface area contributed by atoms with E-state index in [0.717, 1.165) is 5.56 Å². The average Bonchev–Trinajstić information content (AvgIpc) is 3.47. The molecular formula is C37H48ClF3N2O6. The molecule has 0 saturated carbocycles. The first-order chi connectivity index (χ1) is 23.1. The number of fused-ring (bicyclic) bond motifs is 1. The molecule has 1 N–H and O–H groups in total. The van der Waals surface area contributed by atoms with Crippen molar-refractivity contribution < 1.29 is 41.7 Å². The van der Waals surface area contributed by atoms with Crippen molar-refractivity contribution in [1.82, 2.24) is 0 Å². The van der Waals surface area contributed by atoms with E-state index in [1.807, 2.05) is 48.5 Å². The third-order valence-corrected chi connectivity index (χ3v) is 7.21. The maximum absolute atomic E-state index is 14.1. The molecule has 1 aliphatic rings. The van der Waals surface area contributed by atoms with Crippen LogP contribution >= 0.6 is 11.6 Å². The van der Waals surface area contributed by atoms with Gasteiger partial charge in [-0.05, 0) is 62.9 Å². The van der Waals surface area contributed by atoms with Gasteiger partial charge in [0.15, 0.2) is 0 Å². The molecule has 0 spiro atoms. The second-order valence-corrected chi connectivity index (χ2v) is 12.1. The van der Waals surface area contributed by atoms with Crippen molar-refractivity contribution >= 4 is 34.9 Å². The fourth-order valence-corrected chi connectivity index (χ4v) is 4.91. The molecule has 270 valence electrons. The van der Waals surface area contributed by atoms with E-state index in [4.69, 9.17) is 25.8 Å². The highest BCUT2D eigenvalue weighted by Gasteiger charge is 2.35. The van der Waals surface area contributed by atoms with Crippen LogP contribution in [-0.2, 0) is 20.7 Å². The Morgan fingerprint density at radius 1 is 0.918 bits per heavy atom. The molecular weight excluding hydrogens is 661 g/mol. The lowest BCUT2D eigenvalue weighted by molar-refractivity contribution is -0.274. The molecule has 0 aliphatic carbocycles. The molecule has 0 radical (unpaired) electrons. The third-order valence-electron chi connectivity index (χ3n) is 6.96. The van der Waals surface area contributed by atoms with Gasteiger partial charge in [-0.1, -0.05) is 64.4 Å². The van der Waals surface area contributed by atoms with E-state index >= 15 is 0 Å². The molecule has 4 rings (SSSR count). The van der Waals surface area contributed by atoms with Gasteiger partial charge in [0.25, 0.3) is 5.91 Å². The number of nitrogens with zero attached hydrogens (tertiary/aromatic N) is 1. The molecule has 0 bridgehead atoms. The van der Waals surface area contributed by atoms with Crippen LogP contribution < -0.4 is 24.4 Å². The summed E-state index contributed by atoms with van der Waals surface area (Å²) in [5.41, 5.74) is 1.55. The van der Waals surface area contributed by atoms with Gasteiger partial charge >= 0.3 is 12.3 Å². The number of anilines is 2. The molecule has 2 atom stereocenters. The topological polar surface area (TPSA) is 86.3 Å². The Morgan fingerprint density at radius 2 is 1.55 bits per heavy atom. The summed E-state index contributed by atoms with van der Waals surface area (Å²) in [7, 11) is 1.50. The first kappa shape index (κ1) is 41.1. The smallest absolute Gasteiger partial charge is 0.497 e. The second kappa shape index (κ2) is 18.6. The molecule has 12 heteroatoms. The van der Waals surface area contributed by atoms with Gasteiger partial charge in [-0.25, -0.2) is 0 Å². The van der Waals surface area contributed by atoms with Crippen molar-refractivity contribution in [2.24, 2.45) is 5.92 Å². The molecule has 0 fully saturated rings. The van der Waals surface area contributed by atoms with Crippen LogP contribution in [0.4, 0.5) is 24.5 Å². The summed E-state index contributed by atoms with van der Waals surface area (Å²) < 4.78 is 59.7. The Balaban J connectivity index is 0.00000201. The van der Waals surface area contributed by atoms with E-state index in [0.29, 0.717) is 46.3 Å². The number of hydrogen-bond acceptors (Lipinski definition) is 7. The van der Waals surface area contributed by atoms with Gasteiger partial charge in [-0.15, -0.1) is 13.2 Å². The molecule has 3 aromatic rings. The highest BCUT2D eigenvalue weighted by Crippen LogP contribution is 2.37. The maximum atomic E-state index is 14.1.